The molecule has 2 aromatic heterocycles. The van der Waals surface area contributed by atoms with Crippen LogP contribution in [0.4, 0.5) is 5.82 Å². The zero-order chi connectivity index (χ0) is 16.4. The van der Waals surface area contributed by atoms with Crippen molar-refractivity contribution in [2.24, 2.45) is 0 Å². The van der Waals surface area contributed by atoms with Gasteiger partial charge in [-0.1, -0.05) is 29.8 Å². The average molecular weight is 344 g/mol. The Morgan fingerprint density at radius 2 is 1.62 bits per heavy atom. The summed E-state index contributed by atoms with van der Waals surface area (Å²) in [6.45, 7) is 8.76. The van der Waals surface area contributed by atoms with Crippen molar-refractivity contribution in [3.8, 4) is 5.95 Å². The Hall–Kier alpha value is -2.40. The number of nitrogens with one attached hydrogen (secondary N) is 1. The summed E-state index contributed by atoms with van der Waals surface area (Å²) in [4.78, 5) is 9.08. The lowest BCUT2D eigenvalue weighted by Crippen LogP contribution is -2.09. The van der Waals surface area contributed by atoms with Crippen LogP contribution in [0.15, 0.2) is 36.4 Å². The SMILES string of the molecule is Cc1ccc(CNc2cc(C)nc(-n3nc(C)cc3C)n2)cc1.Cl. The normalized spacial score (nSPS) is 10.3. The molecule has 1 aromatic carbocycles. The number of anilines is 1. The van der Waals surface area contributed by atoms with Gasteiger partial charge in [0.15, 0.2) is 0 Å². The lowest BCUT2D eigenvalue weighted by molar-refractivity contribution is 0.768. The fraction of sp³-hybridized carbons (Fsp3) is 0.278. The minimum atomic E-state index is 0. The Balaban J connectivity index is 0.00000208. The second kappa shape index (κ2) is 7.45. The van der Waals surface area contributed by atoms with Crippen molar-refractivity contribution in [3.63, 3.8) is 0 Å². The van der Waals surface area contributed by atoms with Gasteiger partial charge in [0.2, 0.25) is 0 Å². The van der Waals surface area contributed by atoms with Crippen molar-refractivity contribution < 1.29 is 0 Å². The molecular formula is C18H22ClN5. The zero-order valence-corrected chi connectivity index (χ0v) is 15.2. The third-order valence-corrected chi connectivity index (χ3v) is 3.64. The highest BCUT2D eigenvalue weighted by Crippen LogP contribution is 2.13. The first-order valence-corrected chi connectivity index (χ1v) is 7.70. The van der Waals surface area contributed by atoms with E-state index in [1.807, 2.05) is 32.9 Å². The average Bonchev–Trinajstić information content (AvgIpc) is 2.85. The Morgan fingerprint density at radius 1 is 0.917 bits per heavy atom. The molecule has 0 aliphatic rings. The van der Waals surface area contributed by atoms with Crippen molar-refractivity contribution in [3.05, 3.63) is 64.6 Å². The summed E-state index contributed by atoms with van der Waals surface area (Å²) in [6, 6.07) is 12.4. The molecule has 0 amide bonds. The van der Waals surface area contributed by atoms with Crippen molar-refractivity contribution in [2.75, 3.05) is 5.32 Å². The Labute approximate surface area is 148 Å². The van der Waals surface area contributed by atoms with Gasteiger partial charge >= 0.3 is 0 Å². The Bertz CT molecular complexity index is 824. The molecule has 0 spiro atoms. The van der Waals surface area contributed by atoms with E-state index in [0.717, 1.165) is 29.4 Å². The highest BCUT2D eigenvalue weighted by atomic mass is 35.5. The molecule has 24 heavy (non-hydrogen) atoms. The van der Waals surface area contributed by atoms with Crippen LogP contribution in [0, 0.1) is 27.7 Å². The topological polar surface area (TPSA) is 55.6 Å². The number of hydrogen-bond acceptors (Lipinski definition) is 4. The molecule has 0 radical (unpaired) electrons. The van der Waals surface area contributed by atoms with Gasteiger partial charge in [-0.2, -0.15) is 10.1 Å². The summed E-state index contributed by atoms with van der Waals surface area (Å²) in [5, 5.41) is 7.82. The minimum Gasteiger partial charge on any atom is -0.366 e. The molecule has 0 saturated carbocycles. The van der Waals surface area contributed by atoms with Crippen LogP contribution in [0.2, 0.25) is 0 Å². The van der Waals surface area contributed by atoms with E-state index in [2.05, 4.69) is 51.6 Å². The predicted octanol–water partition coefficient (Wildman–Crippen LogP) is 3.93. The van der Waals surface area contributed by atoms with Crippen LogP contribution < -0.4 is 5.32 Å². The number of halogens is 1. The van der Waals surface area contributed by atoms with Gasteiger partial charge in [-0.05, 0) is 39.3 Å². The molecule has 0 atom stereocenters. The lowest BCUT2D eigenvalue weighted by Gasteiger charge is -2.09. The molecular weight excluding hydrogens is 322 g/mol. The Morgan fingerprint density at radius 3 is 2.25 bits per heavy atom. The summed E-state index contributed by atoms with van der Waals surface area (Å²) >= 11 is 0. The molecule has 0 unspecified atom stereocenters. The van der Waals surface area contributed by atoms with E-state index in [4.69, 9.17) is 0 Å². The summed E-state index contributed by atoms with van der Waals surface area (Å²) in [5.41, 5.74) is 5.38. The van der Waals surface area contributed by atoms with Gasteiger partial charge in [0, 0.05) is 24.0 Å². The van der Waals surface area contributed by atoms with Crippen LogP contribution in [0.3, 0.4) is 0 Å². The summed E-state index contributed by atoms with van der Waals surface area (Å²) in [7, 11) is 0. The van der Waals surface area contributed by atoms with Crippen molar-refractivity contribution >= 4 is 18.2 Å². The standard InChI is InChI=1S/C18H21N5.ClH/c1-12-5-7-16(8-6-12)11-19-17-10-13(2)20-18(21-17)23-15(4)9-14(3)22-23;/h5-10H,11H2,1-4H3,(H,19,20,21);1H. The van der Waals surface area contributed by atoms with Crippen molar-refractivity contribution in [1.82, 2.24) is 19.7 Å². The fourth-order valence-corrected chi connectivity index (χ4v) is 2.47. The van der Waals surface area contributed by atoms with E-state index in [1.54, 1.807) is 4.68 Å². The van der Waals surface area contributed by atoms with Crippen LogP contribution in [-0.4, -0.2) is 19.7 Å². The van der Waals surface area contributed by atoms with Gasteiger partial charge < -0.3 is 5.32 Å². The van der Waals surface area contributed by atoms with Gasteiger partial charge in [-0.25, -0.2) is 9.67 Å². The maximum atomic E-state index is 4.59. The molecule has 5 nitrogen and oxygen atoms in total. The summed E-state index contributed by atoms with van der Waals surface area (Å²) in [6.07, 6.45) is 0. The van der Waals surface area contributed by atoms with E-state index in [9.17, 15) is 0 Å². The molecule has 126 valence electrons. The van der Waals surface area contributed by atoms with E-state index in [0.29, 0.717) is 5.95 Å². The largest absolute Gasteiger partial charge is 0.366 e. The van der Waals surface area contributed by atoms with Gasteiger partial charge in [0.1, 0.15) is 5.82 Å². The minimum absolute atomic E-state index is 0. The van der Waals surface area contributed by atoms with E-state index < -0.39 is 0 Å². The van der Waals surface area contributed by atoms with E-state index in [1.165, 1.54) is 11.1 Å². The third-order valence-electron chi connectivity index (χ3n) is 3.64. The van der Waals surface area contributed by atoms with Gasteiger partial charge in [-0.3, -0.25) is 0 Å². The second-order valence-corrected chi connectivity index (χ2v) is 5.87. The van der Waals surface area contributed by atoms with Gasteiger partial charge in [0.25, 0.3) is 5.95 Å². The van der Waals surface area contributed by atoms with Crippen molar-refractivity contribution in [2.45, 2.75) is 34.2 Å². The van der Waals surface area contributed by atoms with Crippen LogP contribution >= 0.6 is 12.4 Å². The summed E-state index contributed by atoms with van der Waals surface area (Å²) in [5.74, 6) is 1.41. The third kappa shape index (κ3) is 4.11. The fourth-order valence-electron chi connectivity index (χ4n) is 2.47. The molecule has 1 N–H and O–H groups in total. The van der Waals surface area contributed by atoms with E-state index >= 15 is 0 Å². The van der Waals surface area contributed by atoms with Gasteiger partial charge in [-0.15, -0.1) is 12.4 Å². The first-order valence-electron chi connectivity index (χ1n) is 7.70. The highest BCUT2D eigenvalue weighted by Gasteiger charge is 2.09. The zero-order valence-electron chi connectivity index (χ0n) is 14.4. The van der Waals surface area contributed by atoms with Crippen LogP contribution in [-0.2, 0) is 6.54 Å². The summed E-state index contributed by atoms with van der Waals surface area (Å²) < 4.78 is 1.78. The molecule has 0 bridgehead atoms. The Kier molecular flexibility index (Phi) is 5.57. The molecule has 3 rings (SSSR count). The van der Waals surface area contributed by atoms with Crippen molar-refractivity contribution in [1.29, 1.82) is 0 Å². The molecule has 0 saturated heterocycles. The first kappa shape index (κ1) is 17.9. The molecule has 3 aromatic rings. The number of hydrogen-bond donors (Lipinski definition) is 1. The smallest absolute Gasteiger partial charge is 0.252 e. The van der Waals surface area contributed by atoms with Crippen LogP contribution in [0.25, 0.3) is 5.95 Å². The molecule has 0 aliphatic carbocycles. The molecule has 6 heteroatoms. The second-order valence-electron chi connectivity index (χ2n) is 5.87. The number of nitrogens with zero attached hydrogens (tertiary/aromatic N) is 4. The van der Waals surface area contributed by atoms with Gasteiger partial charge in [0.05, 0.1) is 5.69 Å². The quantitative estimate of drug-likeness (QED) is 0.779. The highest BCUT2D eigenvalue weighted by molar-refractivity contribution is 5.85. The number of benzene rings is 1. The molecule has 0 fully saturated rings. The maximum Gasteiger partial charge on any atom is 0.252 e. The van der Waals surface area contributed by atoms with E-state index in [-0.39, 0.29) is 12.4 Å². The first-order chi connectivity index (χ1) is 11.0. The van der Waals surface area contributed by atoms with Crippen LogP contribution in [0.5, 0.6) is 0 Å². The number of rotatable bonds is 4. The lowest BCUT2D eigenvalue weighted by atomic mass is 10.1. The predicted molar refractivity (Wildman–Crippen MR) is 99.1 cm³/mol. The molecule has 0 aliphatic heterocycles. The maximum absolute atomic E-state index is 4.59. The number of aromatic nitrogens is 4. The number of aryl methyl sites for hydroxylation is 4. The monoisotopic (exact) mass is 343 g/mol. The molecule has 2 heterocycles. The van der Waals surface area contributed by atoms with Crippen LogP contribution in [0.1, 0.15) is 28.2 Å².